The van der Waals surface area contributed by atoms with Crippen LogP contribution in [-0.4, -0.2) is 181 Å². The molecule has 132 heavy (non-hydrogen) atoms. The molecule has 1 amide bonds. The topological polar surface area (TPSA) is 631 Å². The summed E-state index contributed by atoms with van der Waals surface area (Å²) < 4.78 is 124. The molecule has 0 aliphatic rings. The van der Waals surface area contributed by atoms with Gasteiger partial charge in [0.1, 0.15) is 47.8 Å². The van der Waals surface area contributed by atoms with E-state index in [0.29, 0.717) is 131 Å². The maximum absolute atomic E-state index is 11.9. The fourth-order valence-corrected chi connectivity index (χ4v) is 14.4. The molecule has 11 aromatic heterocycles. The monoisotopic (exact) mass is 2050 g/mol. The molecule has 4 aromatic carbocycles. The highest BCUT2D eigenvalue weighted by Gasteiger charge is 2.24. The first-order valence-corrected chi connectivity index (χ1v) is 47.3. The standard InChI is InChI=1S/C23H24N6O4S2.C16H17ClN6O2S.C9H8Cl2N4.C7H9BO4S.C7H2Cl3N3.C7H4ClN3O2.C6H6ClN3O.C2H4F3N/c1-3-25-22-21-20(11-10-19(27-21)16-7-5-8-17(13-16)34(2,30)31)28-23(29-22)26-14-15-6-4-9-18(12-15)35(24,32)33;1-2-19-15-14-12(6-7-13(17)22-14)21-16(23-15)20-9-10-4-3-5-11(8-10)26(18,24)25;1-2-12-8-7-5(13-9(11)15-8)3-4-6(10)14-7;1-13(11,12)7-4-2-3-6(5-7)8(9)10;8-4-2-1-3-5(12-4)6(9)13-7(10)11-3;8-4-2-1-3-5(10-4)6(12)11-7(13)9-3;7-4-2-1-3(8)5(10-4)6(9)11;3-2(4,5)1-6/h4-13H,3,14H2,1-2H3,(H2,24,32,33)(H2,25,26,28,29);3-8H,2,9H2,1H3,(H2,18,24,25)(H2,19,20,21,23);3-4H,2H2,1H3,(H,12,13,15);2-5,9-10H,1H3;1-2H;1-2H,(H2,9,11,12,13);1-2H,8H2,(H2,9,11);1,6H2. The van der Waals surface area contributed by atoms with Gasteiger partial charge in [-0.3, -0.25) is 14.6 Å². The molecule has 0 spiro atoms. The van der Waals surface area contributed by atoms with Crippen LogP contribution >= 0.6 is 92.8 Å². The molecule has 0 atom stereocenters. The van der Waals surface area contributed by atoms with E-state index in [0.717, 1.165) is 24.6 Å². The van der Waals surface area contributed by atoms with Gasteiger partial charge in [0.15, 0.2) is 53.5 Å². The van der Waals surface area contributed by atoms with Gasteiger partial charge in [-0.05, 0) is 182 Å². The predicted octanol–water partition coefficient (Wildman–Crippen LogP) is 10.9. The highest BCUT2D eigenvalue weighted by molar-refractivity contribution is 7.91. The number of fused-ring (bicyclic) bond motifs is 5. The number of sulfonamides is 2. The highest BCUT2D eigenvalue weighted by Crippen LogP contribution is 2.30. The largest absolute Gasteiger partial charge is 0.488 e. The molecule has 0 unspecified atom stereocenters. The van der Waals surface area contributed by atoms with E-state index in [2.05, 4.69) is 107 Å². The average molecular weight is 2050 g/mol. The van der Waals surface area contributed by atoms with Crippen LogP contribution in [0.15, 0.2) is 199 Å². The van der Waals surface area contributed by atoms with E-state index in [1.807, 2.05) is 20.8 Å². The quantitative estimate of drug-likeness (QED) is 0.0155. The number of benzene rings is 4. The number of aromatic nitrogens is 16. The number of H-pyrrole nitrogens is 2. The second-order valence-electron chi connectivity index (χ2n) is 26.4. The Morgan fingerprint density at radius 2 is 0.841 bits per heavy atom. The summed E-state index contributed by atoms with van der Waals surface area (Å²) in [6.45, 7) is 7.22. The molecule has 19 N–H and O–H groups in total. The van der Waals surface area contributed by atoms with Crippen LogP contribution in [-0.2, 0) is 52.8 Å². The lowest BCUT2D eigenvalue weighted by Crippen LogP contribution is -2.30. The zero-order valence-electron chi connectivity index (χ0n) is 68.8. The van der Waals surface area contributed by atoms with Gasteiger partial charge in [-0.1, -0.05) is 118 Å². The van der Waals surface area contributed by atoms with Crippen molar-refractivity contribution in [1.29, 1.82) is 0 Å². The van der Waals surface area contributed by atoms with E-state index in [1.54, 1.807) is 97.1 Å². The number of carbonyl (C=O) groups is 1. The van der Waals surface area contributed by atoms with Crippen molar-refractivity contribution in [1.82, 2.24) is 79.7 Å². The number of primary sulfonamides is 2. The number of nitrogens with one attached hydrogen (secondary N) is 7. The fourth-order valence-electron chi connectivity index (χ4n) is 10.6. The summed E-state index contributed by atoms with van der Waals surface area (Å²) in [6.07, 6.45) is -1.95. The number of amides is 1. The number of nitrogens with zero attached hydrogens (tertiary/aromatic N) is 14. The van der Waals surface area contributed by atoms with Gasteiger partial charge in [0.25, 0.3) is 11.5 Å². The molecule has 0 saturated heterocycles. The molecular weight excluding hydrogens is 1980 g/mol. The van der Waals surface area contributed by atoms with Crippen molar-refractivity contribution in [3.05, 3.63) is 249 Å². The van der Waals surface area contributed by atoms with Crippen LogP contribution in [0.25, 0.3) is 66.4 Å². The van der Waals surface area contributed by atoms with Crippen molar-refractivity contribution in [2.75, 3.05) is 71.0 Å². The zero-order valence-corrected chi connectivity index (χ0v) is 78.1. The second kappa shape index (κ2) is 47.5. The number of anilines is 6. The summed E-state index contributed by atoms with van der Waals surface area (Å²) in [7, 11) is -15.8. The van der Waals surface area contributed by atoms with Gasteiger partial charge in [0.2, 0.25) is 42.5 Å². The van der Waals surface area contributed by atoms with Crippen molar-refractivity contribution < 1.29 is 61.7 Å². The van der Waals surface area contributed by atoms with E-state index in [1.165, 1.54) is 72.8 Å². The van der Waals surface area contributed by atoms with Gasteiger partial charge >= 0.3 is 19.0 Å². The number of sulfone groups is 2. The van der Waals surface area contributed by atoms with Gasteiger partial charge in [-0.25, -0.2) is 104 Å². The molecule has 39 nitrogen and oxygen atoms in total. The molecule has 0 aliphatic heterocycles. The minimum atomic E-state index is -4.18. The lowest BCUT2D eigenvalue weighted by Gasteiger charge is -2.12. The number of rotatable bonds is 19. The highest BCUT2D eigenvalue weighted by atomic mass is 35.5. The lowest BCUT2D eigenvalue weighted by atomic mass is 9.80. The average Bonchev–Trinajstić information content (AvgIpc) is 0.718. The lowest BCUT2D eigenvalue weighted by molar-refractivity contribution is -0.118. The second-order valence-corrected chi connectivity index (χ2v) is 36.5. The van der Waals surface area contributed by atoms with Gasteiger partial charge in [-0.2, -0.15) is 28.1 Å². The SMILES string of the molecule is CCNc1nc(Cl)nc2ccc(Cl)nc12.CCNc1nc(NCc2cccc(S(N)(=O)=O)c2)nc2ccc(-c3cccc(S(C)(=O)=O)c3)nc12.CCNc1nc(NCc2cccc(S(N)(=O)=O)c2)nc2ccc(Cl)nc12.CS(=O)(=O)c1cccc(B(O)O)c1.Clc1ccc2nc(Cl)nc(Cl)c2n1.NC(=O)c1nc(Cl)ccc1N.NCC(F)(F)F.O=c1[nH]c(=O)c2nc(Cl)ccc2[nH]1. The van der Waals surface area contributed by atoms with Crippen molar-refractivity contribution >= 4 is 241 Å². The van der Waals surface area contributed by atoms with Crippen molar-refractivity contribution in [3.8, 4) is 11.3 Å². The summed E-state index contributed by atoms with van der Waals surface area (Å²) in [5, 5.41) is 45.5. The summed E-state index contributed by atoms with van der Waals surface area (Å²) in [6, 6.07) is 44.6. The summed E-state index contributed by atoms with van der Waals surface area (Å²) in [5.74, 6) is 1.74. The van der Waals surface area contributed by atoms with E-state index >= 15 is 0 Å². The van der Waals surface area contributed by atoms with Crippen LogP contribution in [0, 0.1) is 0 Å². The Hall–Kier alpha value is -11.9. The molecule has 11 heterocycles. The van der Waals surface area contributed by atoms with Crippen LogP contribution < -0.4 is 70.8 Å². The van der Waals surface area contributed by atoms with Crippen molar-refractivity contribution in [3.63, 3.8) is 0 Å². The first-order chi connectivity index (χ1) is 62.0. The molecule has 0 radical (unpaired) electrons. The fraction of sp³-hybridized carbons (Fsp3) is 0.156. The van der Waals surface area contributed by atoms with Gasteiger partial charge in [0, 0.05) is 50.8 Å². The van der Waals surface area contributed by atoms with Crippen LogP contribution in [0.5, 0.6) is 0 Å². The van der Waals surface area contributed by atoms with Gasteiger partial charge in [0.05, 0.1) is 65.1 Å². The van der Waals surface area contributed by atoms with E-state index in [9.17, 15) is 61.2 Å². The third-order valence-electron chi connectivity index (χ3n) is 16.4. The van der Waals surface area contributed by atoms with Gasteiger partial charge < -0.3 is 58.8 Å². The van der Waals surface area contributed by atoms with Crippen LogP contribution in [0.4, 0.5) is 48.2 Å². The number of aromatic amines is 2. The molecule has 0 fully saturated rings. The van der Waals surface area contributed by atoms with Crippen LogP contribution in [0.1, 0.15) is 42.4 Å². The number of alkyl halides is 3. The van der Waals surface area contributed by atoms with Crippen molar-refractivity contribution in [2.24, 2.45) is 21.7 Å². The number of halogens is 11. The molecule has 55 heteroatoms. The maximum Gasteiger partial charge on any atom is 0.488 e. The molecular formula is C77H74BCl8F3N26O13S4. The molecule has 15 rings (SSSR count). The Kier molecular flexibility index (Phi) is 37.9. The number of nitrogens with two attached hydrogens (primary N) is 5. The molecule has 0 bridgehead atoms. The Morgan fingerprint density at radius 3 is 1.30 bits per heavy atom. The number of carbonyl (C=O) groups excluding carboxylic acids is 1. The van der Waals surface area contributed by atoms with Gasteiger partial charge in [-0.15, -0.1) is 0 Å². The maximum atomic E-state index is 11.9. The minimum Gasteiger partial charge on any atom is -0.423 e. The molecule has 0 saturated carbocycles. The first-order valence-electron chi connectivity index (χ1n) is 37.4. The third-order valence-corrected chi connectivity index (χ3v) is 22.1. The number of primary amides is 1. The number of nitrogen functional groups attached to an aromatic ring is 1. The molecule has 694 valence electrons. The van der Waals surface area contributed by atoms with E-state index < -0.39 is 76.7 Å². The zero-order chi connectivity index (χ0) is 97.3. The number of pyridine rings is 6. The van der Waals surface area contributed by atoms with Crippen LogP contribution in [0.3, 0.4) is 0 Å². The Labute approximate surface area is 789 Å². The first kappa shape index (κ1) is 105. The summed E-state index contributed by atoms with van der Waals surface area (Å²) in [5.41, 5.74) is 21.7. The van der Waals surface area contributed by atoms with Crippen LogP contribution in [0.2, 0.25) is 41.5 Å². The predicted molar refractivity (Wildman–Crippen MR) is 505 cm³/mol. The minimum absolute atomic E-state index is 0.0116. The Balaban J connectivity index is 0.000000196. The molecule has 15 aromatic rings. The Morgan fingerprint density at radius 1 is 0.447 bits per heavy atom. The normalized spacial score (nSPS) is 11.2. The Bertz CT molecular complexity index is 7340. The van der Waals surface area contributed by atoms with Crippen molar-refractivity contribution in [2.45, 2.75) is 59.6 Å². The third kappa shape index (κ3) is 32.3. The summed E-state index contributed by atoms with van der Waals surface area (Å²) in [4.78, 5) is 95.6. The number of hydrogen-bond acceptors (Lipinski definition) is 34. The number of hydrogen-bond donors (Lipinski definition) is 14. The van der Waals surface area contributed by atoms with E-state index in [4.69, 9.17) is 130 Å². The summed E-state index contributed by atoms with van der Waals surface area (Å²) >= 11 is 45.6. The molecule has 0 aliphatic carbocycles. The van der Waals surface area contributed by atoms with E-state index in [-0.39, 0.29) is 74.5 Å². The smallest absolute Gasteiger partial charge is 0.423 e.